The summed E-state index contributed by atoms with van der Waals surface area (Å²) in [4.78, 5) is 4.97. The number of nitrogens with zero attached hydrogens (tertiary/aromatic N) is 2. The van der Waals surface area contributed by atoms with Crippen molar-refractivity contribution >= 4 is 65.6 Å². The summed E-state index contributed by atoms with van der Waals surface area (Å²) in [6.07, 6.45) is 0. The highest BCUT2D eigenvalue weighted by molar-refractivity contribution is 7.27. The summed E-state index contributed by atoms with van der Waals surface area (Å²) >= 11 is 1.88. The van der Waals surface area contributed by atoms with E-state index in [-0.39, 0.29) is 0 Å². The summed E-state index contributed by atoms with van der Waals surface area (Å²) < 4.78 is 2.52. The zero-order valence-electron chi connectivity index (χ0n) is 37.9. The summed E-state index contributed by atoms with van der Waals surface area (Å²) in [7, 11) is 0. The largest absolute Gasteiger partial charge is 0.309 e. The summed E-state index contributed by atoms with van der Waals surface area (Å²) in [6, 6.07) is 101. The van der Waals surface area contributed by atoms with Gasteiger partial charge in [0, 0.05) is 43.4 Å². The lowest BCUT2D eigenvalue weighted by atomic mass is 9.95. The minimum atomic E-state index is 1.07. The first-order valence-electron chi connectivity index (χ1n) is 23.5. The molecule has 0 spiro atoms. The first-order valence-corrected chi connectivity index (χ1v) is 24.3. The molecular weight excluding hydrogens is 853 g/mol. The molecular formula is C66H46N2S. The Hall–Kier alpha value is -8.76. The molecule has 0 saturated carbocycles. The molecule has 69 heavy (non-hydrogen) atoms. The van der Waals surface area contributed by atoms with Gasteiger partial charge < -0.3 is 9.80 Å². The number of fused-ring (bicyclic) bond motifs is 3. The van der Waals surface area contributed by atoms with Crippen LogP contribution in [0.4, 0.5) is 34.1 Å². The molecule has 1 heterocycles. The Morgan fingerprint density at radius 3 is 1.04 bits per heavy atom. The van der Waals surface area contributed by atoms with Crippen molar-refractivity contribution < 1.29 is 0 Å². The molecule has 2 nitrogen and oxygen atoms in total. The van der Waals surface area contributed by atoms with Gasteiger partial charge in [-0.15, -0.1) is 11.3 Å². The fourth-order valence-corrected chi connectivity index (χ4v) is 11.3. The van der Waals surface area contributed by atoms with E-state index in [1.807, 2.05) is 11.3 Å². The van der Waals surface area contributed by atoms with Crippen LogP contribution >= 0.6 is 11.3 Å². The van der Waals surface area contributed by atoms with Gasteiger partial charge in [-0.05, 0) is 75.8 Å². The van der Waals surface area contributed by atoms with Crippen LogP contribution in [0.3, 0.4) is 0 Å². The van der Waals surface area contributed by atoms with Gasteiger partial charge in [-0.3, -0.25) is 0 Å². The summed E-state index contributed by atoms with van der Waals surface area (Å²) in [5, 5.41) is 2.51. The van der Waals surface area contributed by atoms with Crippen molar-refractivity contribution in [2.24, 2.45) is 0 Å². The molecule has 0 atom stereocenters. The Morgan fingerprint density at radius 1 is 0.203 bits per heavy atom. The molecule has 0 bridgehead atoms. The number of benzene rings is 11. The number of thiophene rings is 1. The maximum absolute atomic E-state index is 2.49. The minimum Gasteiger partial charge on any atom is -0.309 e. The number of rotatable bonds is 11. The van der Waals surface area contributed by atoms with E-state index in [1.54, 1.807) is 0 Å². The third-order valence-electron chi connectivity index (χ3n) is 13.1. The van der Waals surface area contributed by atoms with E-state index in [4.69, 9.17) is 0 Å². The fourth-order valence-electron chi connectivity index (χ4n) is 9.91. The van der Waals surface area contributed by atoms with E-state index in [2.05, 4.69) is 289 Å². The number of hydrogen-bond acceptors (Lipinski definition) is 3. The van der Waals surface area contributed by atoms with Crippen molar-refractivity contribution in [2.75, 3.05) is 9.80 Å². The van der Waals surface area contributed by atoms with Crippen molar-refractivity contribution in [2.45, 2.75) is 0 Å². The molecule has 11 aromatic carbocycles. The Balaban J connectivity index is 1.11. The Bertz CT molecular complexity index is 3630. The Labute approximate surface area is 407 Å². The van der Waals surface area contributed by atoms with Gasteiger partial charge in [0.2, 0.25) is 0 Å². The summed E-state index contributed by atoms with van der Waals surface area (Å²) in [5.41, 5.74) is 18.2. The quantitative estimate of drug-likeness (QED) is 0.128. The molecule has 0 unspecified atom stereocenters. The second-order valence-corrected chi connectivity index (χ2v) is 18.2. The van der Waals surface area contributed by atoms with Crippen molar-refractivity contribution in [3.63, 3.8) is 0 Å². The third kappa shape index (κ3) is 7.85. The van der Waals surface area contributed by atoms with Crippen molar-refractivity contribution in [3.05, 3.63) is 279 Å². The maximum Gasteiger partial charge on any atom is 0.0640 e. The molecule has 0 radical (unpaired) electrons. The van der Waals surface area contributed by atoms with Crippen LogP contribution in [0.1, 0.15) is 0 Å². The fraction of sp³-hybridized carbons (Fsp3) is 0. The maximum atomic E-state index is 2.49. The van der Waals surface area contributed by atoms with Gasteiger partial charge >= 0.3 is 0 Å². The average molecular weight is 899 g/mol. The number of para-hydroxylation sites is 4. The second kappa shape index (κ2) is 18.5. The first-order chi connectivity index (χ1) is 34.3. The lowest BCUT2D eigenvalue weighted by Gasteiger charge is -2.33. The normalized spacial score (nSPS) is 11.2. The van der Waals surface area contributed by atoms with Crippen molar-refractivity contribution in [3.8, 4) is 55.6 Å². The predicted octanol–water partition coefficient (Wildman–Crippen LogP) is 19.3. The van der Waals surface area contributed by atoms with Crippen LogP contribution in [0, 0.1) is 0 Å². The van der Waals surface area contributed by atoms with Gasteiger partial charge in [0.25, 0.3) is 0 Å². The van der Waals surface area contributed by atoms with Gasteiger partial charge in [-0.1, -0.05) is 237 Å². The van der Waals surface area contributed by atoms with E-state index in [9.17, 15) is 0 Å². The lowest BCUT2D eigenvalue weighted by molar-refractivity contribution is 1.27. The van der Waals surface area contributed by atoms with Crippen LogP contribution in [-0.4, -0.2) is 0 Å². The highest BCUT2D eigenvalue weighted by atomic mass is 32.1. The average Bonchev–Trinajstić information content (AvgIpc) is 3.83. The molecule has 0 N–H and O–H groups in total. The molecule has 0 aliphatic carbocycles. The molecule has 0 fully saturated rings. The van der Waals surface area contributed by atoms with E-state index < -0.39 is 0 Å². The highest BCUT2D eigenvalue weighted by Crippen LogP contribution is 2.52. The van der Waals surface area contributed by atoms with Gasteiger partial charge in [0.05, 0.1) is 33.1 Å². The second-order valence-electron chi connectivity index (χ2n) is 17.2. The lowest BCUT2D eigenvalue weighted by Crippen LogP contribution is -2.15. The van der Waals surface area contributed by atoms with Gasteiger partial charge in [-0.2, -0.15) is 0 Å². The molecule has 326 valence electrons. The van der Waals surface area contributed by atoms with Gasteiger partial charge in [0.15, 0.2) is 0 Å². The van der Waals surface area contributed by atoms with Crippen molar-refractivity contribution in [1.29, 1.82) is 0 Å². The molecule has 0 amide bonds. The highest BCUT2D eigenvalue weighted by Gasteiger charge is 2.26. The summed E-state index contributed by atoms with van der Waals surface area (Å²) in [6.45, 7) is 0. The standard InChI is InChI=1S/C66H46N2S/c1-5-23-47(24-6-1)48-43-45-52(46-44-48)67(64-42-22-37-59-58-36-21-35-55(65(58)69-66(59)64)51-29-11-4-12-30-51)62-40-19-15-33-56(62)57-34-16-20-41-63(57)68(60-38-17-13-31-53(60)49-25-7-2-8-26-49)61-39-18-14-32-54(61)50-27-9-3-10-28-50/h1-46H. The van der Waals surface area contributed by atoms with Crippen LogP contribution in [0.15, 0.2) is 279 Å². The Morgan fingerprint density at radius 2 is 0.536 bits per heavy atom. The Kier molecular flexibility index (Phi) is 11.2. The van der Waals surface area contributed by atoms with Gasteiger partial charge in [0.1, 0.15) is 0 Å². The zero-order valence-corrected chi connectivity index (χ0v) is 38.7. The summed E-state index contributed by atoms with van der Waals surface area (Å²) in [5.74, 6) is 0. The zero-order chi connectivity index (χ0) is 45.9. The molecule has 12 rings (SSSR count). The smallest absolute Gasteiger partial charge is 0.0640 e. The SMILES string of the molecule is c1ccc(-c2ccc(N(c3ccccc3-c3ccccc3N(c3ccccc3-c3ccccc3)c3ccccc3-c3ccccc3)c3cccc4c3sc3c(-c5ccccc5)cccc34)cc2)cc1. The van der Waals surface area contributed by atoms with Crippen LogP contribution in [-0.2, 0) is 0 Å². The first kappa shape index (κ1) is 41.7. The monoisotopic (exact) mass is 898 g/mol. The minimum absolute atomic E-state index is 1.07. The van der Waals surface area contributed by atoms with Crippen LogP contribution in [0.2, 0.25) is 0 Å². The van der Waals surface area contributed by atoms with Crippen LogP contribution < -0.4 is 9.80 Å². The molecule has 0 aliphatic heterocycles. The van der Waals surface area contributed by atoms with E-state index in [0.717, 1.165) is 67.5 Å². The van der Waals surface area contributed by atoms with Crippen LogP contribution in [0.25, 0.3) is 75.8 Å². The topological polar surface area (TPSA) is 6.48 Å². The van der Waals surface area contributed by atoms with Crippen molar-refractivity contribution in [1.82, 2.24) is 0 Å². The molecule has 12 aromatic rings. The van der Waals surface area contributed by atoms with Gasteiger partial charge in [-0.25, -0.2) is 0 Å². The predicted molar refractivity (Wildman–Crippen MR) is 296 cm³/mol. The van der Waals surface area contributed by atoms with Crippen LogP contribution in [0.5, 0.6) is 0 Å². The molecule has 3 heteroatoms. The number of anilines is 6. The van der Waals surface area contributed by atoms with E-state index >= 15 is 0 Å². The molecule has 0 saturated heterocycles. The van der Waals surface area contributed by atoms with E-state index in [0.29, 0.717) is 0 Å². The molecule has 1 aromatic heterocycles. The third-order valence-corrected chi connectivity index (χ3v) is 14.4. The van der Waals surface area contributed by atoms with E-state index in [1.165, 1.54) is 42.4 Å². The molecule has 0 aliphatic rings. The number of hydrogen-bond donors (Lipinski definition) is 0.